The highest BCUT2D eigenvalue weighted by Gasteiger charge is 2.18. The molecule has 0 aliphatic carbocycles. The number of piperazine rings is 1. The Labute approximate surface area is 144 Å². The third-order valence-corrected chi connectivity index (χ3v) is 4.90. The van der Waals surface area contributed by atoms with Crippen molar-refractivity contribution in [1.29, 1.82) is 0 Å². The van der Waals surface area contributed by atoms with Gasteiger partial charge in [0.1, 0.15) is 0 Å². The van der Waals surface area contributed by atoms with Gasteiger partial charge < -0.3 is 14.4 Å². The van der Waals surface area contributed by atoms with E-state index < -0.39 is 11.2 Å². The summed E-state index contributed by atoms with van der Waals surface area (Å²) in [7, 11) is 4.16. The molecule has 3 aromatic rings. The number of nitrogens with zero attached hydrogens (tertiary/aromatic N) is 4. The fourth-order valence-electron chi connectivity index (χ4n) is 3.42. The smallest absolute Gasteiger partial charge is 0.332 e. The quantitative estimate of drug-likeness (QED) is 0.749. The number of nitrogens with one attached hydrogen (secondary N) is 1. The van der Waals surface area contributed by atoms with E-state index in [2.05, 4.69) is 38.7 Å². The average Bonchev–Trinajstić information content (AvgIpc) is 2.92. The average molecular weight is 339 g/mol. The van der Waals surface area contributed by atoms with Crippen LogP contribution in [0.15, 0.2) is 46.2 Å². The summed E-state index contributed by atoms with van der Waals surface area (Å²) in [5.74, 6) is 0. The molecule has 0 atom stereocenters. The summed E-state index contributed by atoms with van der Waals surface area (Å²) in [5, 5.41) is 1.17. The lowest BCUT2D eigenvalue weighted by molar-refractivity contribution is 0.313. The Morgan fingerprint density at radius 3 is 2.48 bits per heavy atom. The highest BCUT2D eigenvalue weighted by Crippen LogP contribution is 2.30. The summed E-state index contributed by atoms with van der Waals surface area (Å²) in [6.07, 6.45) is 3.65. The van der Waals surface area contributed by atoms with Crippen molar-refractivity contribution in [2.75, 3.05) is 38.1 Å². The fraction of sp³-hybridized carbons (Fsp3) is 0.333. The largest absolute Gasteiger partial charge is 0.367 e. The van der Waals surface area contributed by atoms with E-state index in [1.54, 1.807) is 0 Å². The van der Waals surface area contributed by atoms with Gasteiger partial charge in [0.2, 0.25) is 0 Å². The maximum absolute atomic E-state index is 12.0. The van der Waals surface area contributed by atoms with Gasteiger partial charge in [-0.2, -0.15) is 0 Å². The van der Waals surface area contributed by atoms with Crippen LogP contribution in [0.25, 0.3) is 16.6 Å². The Kier molecular flexibility index (Phi) is 3.73. The zero-order valence-electron chi connectivity index (χ0n) is 14.4. The number of benzene rings is 1. The number of fused-ring (bicyclic) bond motifs is 1. The van der Waals surface area contributed by atoms with E-state index in [1.807, 2.05) is 19.2 Å². The first-order valence-corrected chi connectivity index (χ1v) is 8.38. The van der Waals surface area contributed by atoms with E-state index >= 15 is 0 Å². The minimum Gasteiger partial charge on any atom is -0.367 e. The first kappa shape index (κ1) is 15.7. The van der Waals surface area contributed by atoms with Crippen molar-refractivity contribution in [3.05, 3.63) is 57.5 Å². The number of anilines is 1. The molecule has 0 spiro atoms. The van der Waals surface area contributed by atoms with Crippen molar-refractivity contribution in [2.24, 2.45) is 7.05 Å². The number of aromatic nitrogens is 3. The zero-order chi connectivity index (χ0) is 17.6. The van der Waals surface area contributed by atoms with Gasteiger partial charge in [0.25, 0.3) is 5.56 Å². The van der Waals surface area contributed by atoms with Gasteiger partial charge in [-0.05, 0) is 25.2 Å². The second-order valence-corrected chi connectivity index (χ2v) is 6.60. The molecule has 7 nitrogen and oxygen atoms in total. The summed E-state index contributed by atoms with van der Waals surface area (Å²) in [4.78, 5) is 30.3. The predicted molar refractivity (Wildman–Crippen MR) is 98.8 cm³/mol. The molecule has 7 heteroatoms. The topological polar surface area (TPSA) is 66.3 Å². The molecule has 4 rings (SSSR count). The minimum atomic E-state index is -0.430. The van der Waals surface area contributed by atoms with Crippen molar-refractivity contribution in [1.82, 2.24) is 19.0 Å². The third-order valence-electron chi connectivity index (χ3n) is 4.90. The van der Waals surface area contributed by atoms with Crippen LogP contribution in [0.5, 0.6) is 0 Å². The van der Waals surface area contributed by atoms with Gasteiger partial charge in [0.15, 0.2) is 0 Å². The lowest BCUT2D eigenvalue weighted by Crippen LogP contribution is -2.44. The van der Waals surface area contributed by atoms with Crippen LogP contribution in [-0.2, 0) is 7.05 Å². The molecule has 0 saturated carbocycles. The number of aryl methyl sites for hydroxylation is 1. The number of aromatic amines is 1. The lowest BCUT2D eigenvalue weighted by Gasteiger charge is -2.33. The van der Waals surface area contributed by atoms with Crippen molar-refractivity contribution in [2.45, 2.75) is 0 Å². The van der Waals surface area contributed by atoms with Crippen LogP contribution in [0.1, 0.15) is 0 Å². The van der Waals surface area contributed by atoms with Crippen molar-refractivity contribution >= 4 is 16.6 Å². The van der Waals surface area contributed by atoms with Crippen molar-refractivity contribution in [3.63, 3.8) is 0 Å². The summed E-state index contributed by atoms with van der Waals surface area (Å²) < 4.78 is 3.53. The Morgan fingerprint density at radius 1 is 1.00 bits per heavy atom. The molecule has 1 aliphatic heterocycles. The summed E-state index contributed by atoms with van der Waals surface area (Å²) in [6.45, 7) is 4.13. The van der Waals surface area contributed by atoms with Gasteiger partial charge >= 0.3 is 5.69 Å². The van der Waals surface area contributed by atoms with Crippen LogP contribution in [0, 0.1) is 0 Å². The van der Waals surface area contributed by atoms with E-state index in [9.17, 15) is 9.59 Å². The molecule has 1 aliphatic rings. The lowest BCUT2D eigenvalue weighted by atomic mass is 10.2. The number of rotatable bonds is 2. The molecule has 0 unspecified atom stereocenters. The van der Waals surface area contributed by atoms with E-state index in [0.29, 0.717) is 0 Å². The molecule has 130 valence electrons. The monoisotopic (exact) mass is 339 g/mol. The van der Waals surface area contributed by atoms with Crippen LogP contribution in [-0.4, -0.2) is 52.2 Å². The molecular formula is C18H21N5O2. The van der Waals surface area contributed by atoms with Crippen LogP contribution in [0.2, 0.25) is 0 Å². The third kappa shape index (κ3) is 2.76. The molecule has 2 aromatic heterocycles. The van der Waals surface area contributed by atoms with Crippen molar-refractivity contribution in [3.8, 4) is 5.69 Å². The van der Waals surface area contributed by atoms with Crippen LogP contribution >= 0.6 is 0 Å². The number of hydrogen-bond acceptors (Lipinski definition) is 4. The highest BCUT2D eigenvalue weighted by molar-refractivity contribution is 5.94. The fourth-order valence-corrected chi connectivity index (χ4v) is 3.42. The molecule has 1 N–H and O–H groups in total. The van der Waals surface area contributed by atoms with E-state index in [0.717, 1.165) is 37.4 Å². The van der Waals surface area contributed by atoms with Crippen LogP contribution < -0.4 is 16.1 Å². The predicted octanol–water partition coefficient (Wildman–Crippen LogP) is 0.769. The van der Waals surface area contributed by atoms with E-state index in [1.165, 1.54) is 27.9 Å². The molecular weight excluding hydrogens is 318 g/mol. The van der Waals surface area contributed by atoms with Gasteiger partial charge in [0.05, 0.1) is 16.9 Å². The Morgan fingerprint density at radius 2 is 1.76 bits per heavy atom. The maximum atomic E-state index is 12.0. The highest BCUT2D eigenvalue weighted by atomic mass is 16.2. The summed E-state index contributed by atoms with van der Waals surface area (Å²) in [6, 6.07) is 7.30. The first-order valence-electron chi connectivity index (χ1n) is 8.38. The molecule has 1 saturated heterocycles. The molecule has 0 bridgehead atoms. The Balaban J connectivity index is 1.78. The summed E-state index contributed by atoms with van der Waals surface area (Å²) in [5.41, 5.74) is 2.20. The Bertz CT molecular complexity index is 1040. The van der Waals surface area contributed by atoms with Gasteiger partial charge in [-0.3, -0.25) is 14.3 Å². The standard InChI is InChI=1S/C18H21N5O2/c1-20-7-9-22(10-8-20)16-12-21(2)15-11-13(3-4-14(15)16)23-6-5-17(24)19-18(23)25/h3-6,11-12H,7-10H2,1-2H3,(H,19,24,25). The molecule has 1 fully saturated rings. The number of likely N-dealkylation sites (N-methyl/N-ethyl adjacent to an activating group) is 1. The molecule has 0 amide bonds. The number of H-pyrrole nitrogens is 1. The first-order chi connectivity index (χ1) is 12.0. The maximum Gasteiger partial charge on any atom is 0.332 e. The second-order valence-electron chi connectivity index (χ2n) is 6.60. The molecule has 25 heavy (non-hydrogen) atoms. The minimum absolute atomic E-state index is 0.390. The second kappa shape index (κ2) is 5.93. The van der Waals surface area contributed by atoms with E-state index in [4.69, 9.17) is 0 Å². The van der Waals surface area contributed by atoms with Crippen molar-refractivity contribution < 1.29 is 0 Å². The summed E-state index contributed by atoms with van der Waals surface area (Å²) >= 11 is 0. The van der Waals surface area contributed by atoms with Gasteiger partial charge in [-0.25, -0.2) is 4.79 Å². The van der Waals surface area contributed by atoms with Gasteiger partial charge in [0, 0.05) is 57.1 Å². The van der Waals surface area contributed by atoms with E-state index in [-0.39, 0.29) is 0 Å². The molecule has 0 radical (unpaired) electrons. The van der Waals surface area contributed by atoms with Gasteiger partial charge in [-0.1, -0.05) is 0 Å². The zero-order valence-corrected chi connectivity index (χ0v) is 14.4. The molecule has 3 heterocycles. The van der Waals surface area contributed by atoms with Crippen LogP contribution in [0.3, 0.4) is 0 Å². The van der Waals surface area contributed by atoms with Gasteiger partial charge in [-0.15, -0.1) is 0 Å². The Hall–Kier alpha value is -2.80. The SMILES string of the molecule is CN1CCN(c2cn(C)c3cc(-n4ccc(=O)[nH]c4=O)ccc23)CC1. The number of hydrogen-bond donors (Lipinski definition) is 1. The molecule has 1 aromatic carbocycles. The normalized spacial score (nSPS) is 15.8. The van der Waals surface area contributed by atoms with Crippen LogP contribution in [0.4, 0.5) is 5.69 Å².